The number of ether oxygens (including phenoxy) is 2. The molecule has 4 rings (SSSR count). The first-order chi connectivity index (χ1) is 11.8. The summed E-state index contributed by atoms with van der Waals surface area (Å²) in [6.45, 7) is 3.19. The summed E-state index contributed by atoms with van der Waals surface area (Å²) >= 11 is 0. The highest BCUT2D eigenvalue weighted by Crippen LogP contribution is 2.24. The summed E-state index contributed by atoms with van der Waals surface area (Å²) in [6, 6.07) is 13.5. The van der Waals surface area contributed by atoms with Crippen LogP contribution in [0, 0.1) is 6.92 Å². The zero-order valence-corrected chi connectivity index (χ0v) is 13.2. The zero-order valence-electron chi connectivity index (χ0n) is 13.2. The summed E-state index contributed by atoms with van der Waals surface area (Å²) in [5.74, 6) is 0. The Morgan fingerprint density at radius 1 is 0.833 bits per heavy atom. The lowest BCUT2D eigenvalue weighted by molar-refractivity contribution is -0.0443. The molecule has 1 aliphatic heterocycles. The maximum Gasteiger partial charge on any atom is 0.185 e. The third-order valence-corrected chi connectivity index (χ3v) is 3.76. The Balaban J connectivity index is 1.56. The van der Waals surface area contributed by atoms with Crippen LogP contribution >= 0.6 is 0 Å². The lowest BCUT2D eigenvalue weighted by Gasteiger charge is -2.09. The summed E-state index contributed by atoms with van der Waals surface area (Å²) in [5, 5.41) is 8.53. The number of pyridine rings is 2. The summed E-state index contributed by atoms with van der Waals surface area (Å²) in [6.07, 6.45) is 1.44. The van der Waals surface area contributed by atoms with E-state index in [1.165, 1.54) is 0 Å². The van der Waals surface area contributed by atoms with Gasteiger partial charge < -0.3 is 9.47 Å². The van der Waals surface area contributed by atoms with Crippen LogP contribution in [-0.2, 0) is 9.47 Å². The van der Waals surface area contributed by atoms with Crippen molar-refractivity contribution in [2.24, 2.45) is 0 Å². The number of hydrogen-bond donors (Lipinski definition) is 0. The molecular formula is C18H16N4O2. The highest BCUT2D eigenvalue weighted by Gasteiger charge is 2.18. The average molecular weight is 320 g/mol. The second-order valence-corrected chi connectivity index (χ2v) is 5.52. The third kappa shape index (κ3) is 3.02. The van der Waals surface area contributed by atoms with Crippen molar-refractivity contribution in [2.45, 2.75) is 13.2 Å². The van der Waals surface area contributed by atoms with Gasteiger partial charge in [-0.05, 0) is 37.3 Å². The lowest BCUT2D eigenvalue weighted by Crippen LogP contribution is -1.99. The maximum absolute atomic E-state index is 5.46. The fraction of sp³-hybridized carbons (Fsp3) is 0.222. The lowest BCUT2D eigenvalue weighted by atomic mass is 10.2. The normalized spacial score (nSPS) is 14.9. The van der Waals surface area contributed by atoms with Crippen molar-refractivity contribution in [1.29, 1.82) is 0 Å². The number of aryl methyl sites for hydroxylation is 1. The van der Waals surface area contributed by atoms with E-state index in [9.17, 15) is 0 Å². The predicted molar refractivity (Wildman–Crippen MR) is 87.9 cm³/mol. The molecule has 0 aromatic carbocycles. The van der Waals surface area contributed by atoms with Gasteiger partial charge in [0.15, 0.2) is 6.29 Å². The minimum atomic E-state index is -0.313. The first kappa shape index (κ1) is 14.9. The molecule has 0 radical (unpaired) electrons. The molecule has 3 aromatic heterocycles. The van der Waals surface area contributed by atoms with Gasteiger partial charge in [-0.3, -0.25) is 9.97 Å². The van der Waals surface area contributed by atoms with Crippen LogP contribution < -0.4 is 0 Å². The highest BCUT2D eigenvalue weighted by atomic mass is 16.7. The van der Waals surface area contributed by atoms with Crippen LogP contribution in [-0.4, -0.2) is 33.4 Å². The molecule has 0 unspecified atom stereocenters. The Morgan fingerprint density at radius 2 is 1.54 bits per heavy atom. The van der Waals surface area contributed by atoms with E-state index in [4.69, 9.17) is 9.47 Å². The summed E-state index contributed by atoms with van der Waals surface area (Å²) < 4.78 is 10.9. The SMILES string of the molecule is Cc1cccc(-c2ccc(-c3ccc(C4OCCO4)cn3)nn2)n1. The summed E-state index contributed by atoms with van der Waals surface area (Å²) in [4.78, 5) is 8.89. The Kier molecular flexibility index (Phi) is 3.98. The van der Waals surface area contributed by atoms with Gasteiger partial charge in [-0.1, -0.05) is 12.1 Å². The molecule has 6 nitrogen and oxygen atoms in total. The van der Waals surface area contributed by atoms with Crippen LogP contribution in [0.25, 0.3) is 22.8 Å². The Hall–Kier alpha value is -2.70. The van der Waals surface area contributed by atoms with E-state index >= 15 is 0 Å². The highest BCUT2D eigenvalue weighted by molar-refractivity contribution is 5.59. The van der Waals surface area contributed by atoms with Gasteiger partial charge in [0.1, 0.15) is 11.4 Å². The topological polar surface area (TPSA) is 70.0 Å². The molecular weight excluding hydrogens is 304 g/mol. The van der Waals surface area contributed by atoms with Crippen molar-refractivity contribution in [3.8, 4) is 22.8 Å². The van der Waals surface area contributed by atoms with Crippen LogP contribution in [0.3, 0.4) is 0 Å². The first-order valence-electron chi connectivity index (χ1n) is 7.77. The van der Waals surface area contributed by atoms with E-state index in [0.29, 0.717) is 18.9 Å². The minimum Gasteiger partial charge on any atom is -0.346 e. The smallest absolute Gasteiger partial charge is 0.185 e. The van der Waals surface area contributed by atoms with E-state index in [1.807, 2.05) is 49.4 Å². The van der Waals surface area contributed by atoms with Crippen LogP contribution in [0.4, 0.5) is 0 Å². The average Bonchev–Trinajstić information content (AvgIpc) is 3.17. The molecule has 0 atom stereocenters. The monoisotopic (exact) mass is 320 g/mol. The second-order valence-electron chi connectivity index (χ2n) is 5.52. The Labute approximate surface area is 139 Å². The molecule has 24 heavy (non-hydrogen) atoms. The van der Waals surface area contributed by atoms with Crippen molar-refractivity contribution in [1.82, 2.24) is 20.2 Å². The molecule has 4 heterocycles. The maximum atomic E-state index is 5.46. The van der Waals surface area contributed by atoms with Gasteiger partial charge in [0.25, 0.3) is 0 Å². The van der Waals surface area contributed by atoms with Crippen molar-refractivity contribution < 1.29 is 9.47 Å². The van der Waals surface area contributed by atoms with E-state index in [2.05, 4.69) is 20.2 Å². The fourth-order valence-corrected chi connectivity index (χ4v) is 2.54. The van der Waals surface area contributed by atoms with Gasteiger partial charge in [-0.25, -0.2) is 0 Å². The molecule has 6 heteroatoms. The standard InChI is InChI=1S/C18H16N4O2/c1-12-3-2-4-15(20-12)17-8-7-16(21-22-17)14-6-5-13(11-19-14)18-23-9-10-24-18/h2-8,11,18H,9-10H2,1H3. The van der Waals surface area contributed by atoms with Crippen LogP contribution in [0.1, 0.15) is 17.5 Å². The molecule has 0 saturated carbocycles. The van der Waals surface area contributed by atoms with Gasteiger partial charge in [0.05, 0.1) is 24.6 Å². The molecule has 120 valence electrons. The van der Waals surface area contributed by atoms with Gasteiger partial charge in [0, 0.05) is 17.5 Å². The number of rotatable bonds is 3. The van der Waals surface area contributed by atoms with Crippen molar-refractivity contribution in [2.75, 3.05) is 13.2 Å². The quantitative estimate of drug-likeness (QED) is 0.739. The molecule has 0 amide bonds. The van der Waals surface area contributed by atoms with Crippen LogP contribution in [0.15, 0.2) is 48.7 Å². The molecule has 0 aliphatic carbocycles. The van der Waals surface area contributed by atoms with Gasteiger partial charge in [-0.15, -0.1) is 10.2 Å². The van der Waals surface area contributed by atoms with E-state index < -0.39 is 0 Å². The van der Waals surface area contributed by atoms with E-state index in [-0.39, 0.29) is 6.29 Å². The van der Waals surface area contributed by atoms with Crippen LogP contribution in [0.2, 0.25) is 0 Å². The number of nitrogens with zero attached hydrogens (tertiary/aromatic N) is 4. The molecule has 1 saturated heterocycles. The largest absolute Gasteiger partial charge is 0.346 e. The van der Waals surface area contributed by atoms with E-state index in [1.54, 1.807) is 6.20 Å². The Bertz CT molecular complexity index is 828. The van der Waals surface area contributed by atoms with Gasteiger partial charge >= 0.3 is 0 Å². The Morgan fingerprint density at radius 3 is 2.17 bits per heavy atom. The van der Waals surface area contributed by atoms with Crippen molar-refractivity contribution >= 4 is 0 Å². The second kappa shape index (κ2) is 6.43. The van der Waals surface area contributed by atoms with Crippen molar-refractivity contribution in [3.63, 3.8) is 0 Å². The van der Waals surface area contributed by atoms with Crippen LogP contribution in [0.5, 0.6) is 0 Å². The zero-order chi connectivity index (χ0) is 16.4. The molecule has 3 aromatic rings. The molecule has 1 fully saturated rings. The van der Waals surface area contributed by atoms with Gasteiger partial charge in [-0.2, -0.15) is 0 Å². The molecule has 0 spiro atoms. The first-order valence-corrected chi connectivity index (χ1v) is 7.77. The third-order valence-electron chi connectivity index (χ3n) is 3.76. The summed E-state index contributed by atoms with van der Waals surface area (Å²) in [5.41, 5.74) is 4.88. The van der Waals surface area contributed by atoms with Crippen molar-refractivity contribution in [3.05, 3.63) is 59.9 Å². The fourth-order valence-electron chi connectivity index (χ4n) is 2.54. The van der Waals surface area contributed by atoms with E-state index in [0.717, 1.165) is 28.3 Å². The molecule has 1 aliphatic rings. The summed E-state index contributed by atoms with van der Waals surface area (Å²) in [7, 11) is 0. The predicted octanol–water partition coefficient (Wildman–Crippen LogP) is 2.95. The van der Waals surface area contributed by atoms with Gasteiger partial charge in [0.2, 0.25) is 0 Å². The molecule has 0 N–H and O–H groups in total. The number of aromatic nitrogens is 4. The number of hydrogen-bond acceptors (Lipinski definition) is 6. The minimum absolute atomic E-state index is 0.313. The molecule has 0 bridgehead atoms.